The Bertz CT molecular complexity index is 545. The van der Waals surface area contributed by atoms with Crippen LogP contribution in [0.2, 0.25) is 0 Å². The molecular weight excluding hydrogens is 280 g/mol. The van der Waals surface area contributed by atoms with Gasteiger partial charge in [-0.15, -0.1) is 0 Å². The zero-order valence-corrected chi connectivity index (χ0v) is 14.1. The number of aryl methyl sites for hydroxylation is 1. The van der Waals surface area contributed by atoms with Gasteiger partial charge in [-0.3, -0.25) is 4.79 Å². The fourth-order valence-electron chi connectivity index (χ4n) is 2.15. The molecule has 1 unspecified atom stereocenters. The Balaban J connectivity index is 2.95. The van der Waals surface area contributed by atoms with E-state index in [1.54, 1.807) is 11.8 Å². The zero-order chi connectivity index (χ0) is 15.8. The molecule has 0 fully saturated rings. The smallest absolute Gasteiger partial charge is 0.253 e. The number of hydrogen-bond donors (Lipinski definition) is 1. The highest BCUT2D eigenvalue weighted by molar-refractivity contribution is 7.98. The van der Waals surface area contributed by atoms with Crippen LogP contribution in [-0.4, -0.2) is 42.4 Å². The highest BCUT2D eigenvalue weighted by Gasteiger charge is 2.19. The van der Waals surface area contributed by atoms with Crippen LogP contribution in [0.4, 0.5) is 0 Å². The van der Waals surface area contributed by atoms with Crippen LogP contribution >= 0.6 is 11.8 Å². The highest BCUT2D eigenvalue weighted by Crippen LogP contribution is 2.15. The summed E-state index contributed by atoms with van der Waals surface area (Å²) < 4.78 is 0. The molecule has 3 nitrogen and oxygen atoms in total. The van der Waals surface area contributed by atoms with Crippen molar-refractivity contribution in [2.75, 3.05) is 25.6 Å². The third-order valence-corrected chi connectivity index (χ3v) is 4.21. The minimum Gasteiger partial charge on any atom is -0.338 e. The summed E-state index contributed by atoms with van der Waals surface area (Å²) in [6.45, 7) is 4.42. The first-order valence-electron chi connectivity index (χ1n) is 7.10. The Labute approximate surface area is 132 Å². The van der Waals surface area contributed by atoms with Crippen LogP contribution in [0.25, 0.3) is 0 Å². The first kappa shape index (κ1) is 17.6. The van der Waals surface area contributed by atoms with Crippen molar-refractivity contribution in [3.63, 3.8) is 0 Å². The maximum absolute atomic E-state index is 12.6. The molecular formula is C17H24N2OS. The number of hydrogen-bond acceptors (Lipinski definition) is 3. The van der Waals surface area contributed by atoms with Gasteiger partial charge < -0.3 is 10.6 Å². The number of carbonyl (C=O) groups excluding carboxylic acids is 1. The van der Waals surface area contributed by atoms with Gasteiger partial charge in [0.2, 0.25) is 0 Å². The molecule has 0 aliphatic carbocycles. The lowest BCUT2D eigenvalue weighted by atomic mass is 10.0. The third-order valence-electron chi connectivity index (χ3n) is 3.50. The van der Waals surface area contributed by atoms with Crippen LogP contribution in [0.3, 0.4) is 0 Å². The van der Waals surface area contributed by atoms with E-state index in [0.29, 0.717) is 12.1 Å². The second-order valence-corrected chi connectivity index (χ2v) is 5.88. The van der Waals surface area contributed by atoms with Crippen LogP contribution in [0.1, 0.15) is 34.8 Å². The van der Waals surface area contributed by atoms with Crippen molar-refractivity contribution < 1.29 is 4.79 Å². The Hall–Kier alpha value is -1.44. The molecule has 0 saturated heterocycles. The Morgan fingerprint density at radius 3 is 2.71 bits per heavy atom. The normalized spacial score (nSPS) is 11.5. The molecule has 1 atom stereocenters. The summed E-state index contributed by atoms with van der Waals surface area (Å²) in [5, 5.41) is 0. The lowest BCUT2D eigenvalue weighted by Gasteiger charge is -2.27. The lowest BCUT2D eigenvalue weighted by molar-refractivity contribution is 0.0743. The number of nitrogens with two attached hydrogens (primary N) is 1. The molecule has 1 amide bonds. The van der Waals surface area contributed by atoms with Crippen molar-refractivity contribution in [2.45, 2.75) is 26.3 Å². The van der Waals surface area contributed by atoms with Crippen LogP contribution in [0, 0.1) is 18.8 Å². The molecule has 0 spiro atoms. The monoisotopic (exact) mass is 304 g/mol. The van der Waals surface area contributed by atoms with Gasteiger partial charge in [0.25, 0.3) is 5.91 Å². The SMILES string of the molecule is CCC(CSC)N(C)C(=O)c1ccc(C#CCN)c(C)c1. The maximum Gasteiger partial charge on any atom is 0.253 e. The van der Waals surface area contributed by atoms with Gasteiger partial charge >= 0.3 is 0 Å². The number of carbonyl (C=O) groups is 1. The molecule has 1 aromatic carbocycles. The molecule has 4 heteroatoms. The molecule has 2 N–H and O–H groups in total. The number of rotatable bonds is 5. The topological polar surface area (TPSA) is 46.3 Å². The van der Waals surface area contributed by atoms with E-state index in [4.69, 9.17) is 5.73 Å². The minimum atomic E-state index is 0.0670. The van der Waals surface area contributed by atoms with E-state index in [1.165, 1.54) is 0 Å². The number of benzene rings is 1. The van der Waals surface area contributed by atoms with E-state index in [9.17, 15) is 4.79 Å². The average molecular weight is 304 g/mol. The summed E-state index contributed by atoms with van der Waals surface area (Å²) in [4.78, 5) is 14.4. The summed E-state index contributed by atoms with van der Waals surface area (Å²) in [7, 11) is 1.88. The van der Waals surface area contributed by atoms with Gasteiger partial charge in [0.15, 0.2) is 0 Å². The van der Waals surface area contributed by atoms with Crippen molar-refractivity contribution in [1.29, 1.82) is 0 Å². The third kappa shape index (κ3) is 4.80. The number of nitrogens with zero attached hydrogens (tertiary/aromatic N) is 1. The maximum atomic E-state index is 12.6. The molecule has 1 aromatic rings. The molecule has 1 rings (SSSR count). The standard InChI is InChI=1S/C17H24N2OS/c1-5-16(12-21-4)19(3)17(20)15-9-8-14(7-6-10-18)13(2)11-15/h8-9,11,16H,5,10,12,18H2,1-4H3. The number of amides is 1. The molecule has 114 valence electrons. The van der Waals surface area contributed by atoms with Gasteiger partial charge in [0, 0.05) is 30.0 Å². The van der Waals surface area contributed by atoms with Gasteiger partial charge in [-0.05, 0) is 43.4 Å². The van der Waals surface area contributed by atoms with Crippen LogP contribution in [-0.2, 0) is 0 Å². The van der Waals surface area contributed by atoms with E-state index in [-0.39, 0.29) is 11.9 Å². The van der Waals surface area contributed by atoms with Crippen molar-refractivity contribution in [1.82, 2.24) is 4.90 Å². The molecule has 0 saturated carbocycles. The van der Waals surface area contributed by atoms with Crippen LogP contribution < -0.4 is 5.73 Å². The van der Waals surface area contributed by atoms with Gasteiger partial charge in [-0.25, -0.2) is 0 Å². The summed E-state index contributed by atoms with van der Waals surface area (Å²) >= 11 is 1.77. The highest BCUT2D eigenvalue weighted by atomic mass is 32.2. The van der Waals surface area contributed by atoms with Crippen molar-refractivity contribution >= 4 is 17.7 Å². The quantitative estimate of drug-likeness (QED) is 0.850. The number of thioether (sulfide) groups is 1. The fraction of sp³-hybridized carbons (Fsp3) is 0.471. The summed E-state index contributed by atoms with van der Waals surface area (Å²) in [5.74, 6) is 6.88. The average Bonchev–Trinajstić information content (AvgIpc) is 2.50. The van der Waals surface area contributed by atoms with Gasteiger partial charge in [0.1, 0.15) is 0 Å². The molecule has 0 aliphatic rings. The Morgan fingerprint density at radius 1 is 1.48 bits per heavy atom. The zero-order valence-electron chi connectivity index (χ0n) is 13.3. The Kier molecular flexibility index (Phi) is 7.35. The van der Waals surface area contributed by atoms with E-state index in [1.807, 2.05) is 37.1 Å². The van der Waals surface area contributed by atoms with Crippen molar-refractivity contribution in [3.8, 4) is 11.8 Å². The largest absolute Gasteiger partial charge is 0.338 e. The second-order valence-electron chi connectivity index (χ2n) is 4.97. The molecule has 0 bridgehead atoms. The fourth-order valence-corrected chi connectivity index (χ4v) is 2.99. The first-order chi connectivity index (χ1) is 10.0. The second kappa shape index (κ2) is 8.76. The Morgan fingerprint density at radius 2 is 2.19 bits per heavy atom. The summed E-state index contributed by atoms with van der Waals surface area (Å²) in [6, 6.07) is 5.92. The minimum absolute atomic E-state index is 0.0670. The molecule has 21 heavy (non-hydrogen) atoms. The molecule has 0 aliphatic heterocycles. The molecule has 0 heterocycles. The van der Waals surface area contributed by atoms with Crippen molar-refractivity contribution in [2.24, 2.45) is 5.73 Å². The summed E-state index contributed by atoms with van der Waals surface area (Å²) in [5.41, 5.74) is 8.03. The predicted octanol–water partition coefficient (Wildman–Crippen LogP) is 2.52. The van der Waals surface area contributed by atoms with Crippen molar-refractivity contribution in [3.05, 3.63) is 34.9 Å². The predicted molar refractivity (Wildman–Crippen MR) is 91.7 cm³/mol. The molecule has 0 radical (unpaired) electrons. The van der Waals surface area contributed by atoms with E-state index >= 15 is 0 Å². The van der Waals surface area contributed by atoms with Gasteiger partial charge in [0.05, 0.1) is 6.54 Å². The summed E-state index contributed by atoms with van der Waals surface area (Å²) in [6.07, 6.45) is 3.03. The van der Waals surface area contributed by atoms with Crippen LogP contribution in [0.15, 0.2) is 18.2 Å². The van der Waals surface area contributed by atoms with Gasteiger partial charge in [-0.1, -0.05) is 18.8 Å². The van der Waals surface area contributed by atoms with E-state index in [2.05, 4.69) is 25.0 Å². The lowest BCUT2D eigenvalue weighted by Crippen LogP contribution is -2.38. The molecule has 0 aromatic heterocycles. The van der Waals surface area contributed by atoms with E-state index < -0.39 is 0 Å². The van der Waals surface area contributed by atoms with Gasteiger partial charge in [-0.2, -0.15) is 11.8 Å². The van der Waals surface area contributed by atoms with Crippen LogP contribution in [0.5, 0.6) is 0 Å². The van der Waals surface area contributed by atoms with E-state index in [0.717, 1.165) is 23.3 Å². The first-order valence-corrected chi connectivity index (χ1v) is 8.50.